The van der Waals surface area contributed by atoms with E-state index in [9.17, 15) is 19.2 Å². The highest BCUT2D eigenvalue weighted by Crippen LogP contribution is 2.31. The van der Waals surface area contributed by atoms with Crippen LogP contribution in [0.2, 0.25) is 0 Å². The van der Waals surface area contributed by atoms with E-state index < -0.39 is 30.4 Å². The highest BCUT2D eigenvalue weighted by molar-refractivity contribution is 5.75. The molecule has 0 radical (unpaired) electrons. The van der Waals surface area contributed by atoms with E-state index in [1.807, 2.05) is 19.9 Å². The Bertz CT molecular complexity index is 1190. The van der Waals surface area contributed by atoms with Crippen molar-refractivity contribution in [2.75, 3.05) is 5.32 Å². The fourth-order valence-electron chi connectivity index (χ4n) is 3.46. The zero-order chi connectivity index (χ0) is 25.4. The second-order valence-electron chi connectivity index (χ2n) is 8.22. The summed E-state index contributed by atoms with van der Waals surface area (Å²) in [4.78, 5) is 35.4. The molecule has 35 heavy (non-hydrogen) atoms. The highest BCUT2D eigenvalue weighted by atomic mass is 19.1. The monoisotopic (exact) mass is 479 g/mol. The maximum atomic E-state index is 13.6. The van der Waals surface area contributed by atoms with E-state index in [2.05, 4.69) is 25.4 Å². The van der Waals surface area contributed by atoms with Gasteiger partial charge < -0.3 is 15.5 Å². The first kappa shape index (κ1) is 25.6. The van der Waals surface area contributed by atoms with Crippen LogP contribution in [0, 0.1) is 10.7 Å². The maximum Gasteiger partial charge on any atom is 0.305 e. The molecule has 3 rings (SSSR count). The van der Waals surface area contributed by atoms with Crippen molar-refractivity contribution < 1.29 is 19.4 Å². The van der Waals surface area contributed by atoms with Crippen molar-refractivity contribution in [3.05, 3.63) is 76.7 Å². The number of pyridine rings is 1. The van der Waals surface area contributed by atoms with Gasteiger partial charge in [0.25, 0.3) is 0 Å². The Kier molecular flexibility index (Phi) is 8.69. The normalized spacial score (nSPS) is 13.1. The van der Waals surface area contributed by atoms with Gasteiger partial charge in [-0.25, -0.2) is 19.3 Å². The quantitative estimate of drug-likeness (QED) is 0.330. The molecule has 182 valence electrons. The van der Waals surface area contributed by atoms with E-state index in [4.69, 9.17) is 5.11 Å². The standard InChI is InChI=1S/C25H26FN5O4/c1-15(2)23-20(11-10-19(32)13-18(31-35)14-22(33)34)24(16-6-8-17(26)9-7-16)30-25(29-23)28-21-5-3-4-12-27-21/h3-12,15,18-19,32H,13-14H2,1-2H3,(H,33,34)(H,27,28,29,30)/b11-10+/t18-,19-/m1/s1. The molecule has 0 spiro atoms. The van der Waals surface area contributed by atoms with Crippen molar-refractivity contribution in [3.8, 4) is 11.3 Å². The summed E-state index contributed by atoms with van der Waals surface area (Å²) in [5.41, 5.74) is 2.40. The third-order valence-corrected chi connectivity index (χ3v) is 5.10. The molecule has 0 aliphatic rings. The van der Waals surface area contributed by atoms with Crippen molar-refractivity contribution in [1.29, 1.82) is 0 Å². The lowest BCUT2D eigenvalue weighted by molar-refractivity contribution is -0.137. The second-order valence-corrected chi connectivity index (χ2v) is 8.22. The summed E-state index contributed by atoms with van der Waals surface area (Å²) in [5, 5.41) is 25.2. The zero-order valence-electron chi connectivity index (χ0n) is 19.3. The number of nitroso groups, excluding NO2 is 1. The van der Waals surface area contributed by atoms with Crippen LogP contribution in [0.1, 0.15) is 43.9 Å². The van der Waals surface area contributed by atoms with Crippen LogP contribution in [0.25, 0.3) is 17.3 Å². The van der Waals surface area contributed by atoms with E-state index in [-0.39, 0.29) is 12.3 Å². The van der Waals surface area contributed by atoms with E-state index in [0.717, 1.165) is 0 Å². The Morgan fingerprint density at radius 3 is 2.51 bits per heavy atom. The average Bonchev–Trinajstić information content (AvgIpc) is 2.83. The number of anilines is 2. The minimum Gasteiger partial charge on any atom is -0.481 e. The minimum absolute atomic E-state index is 0.0466. The van der Waals surface area contributed by atoms with E-state index in [1.165, 1.54) is 18.2 Å². The molecule has 10 heteroatoms. The van der Waals surface area contributed by atoms with Crippen molar-refractivity contribution in [3.63, 3.8) is 0 Å². The number of carboxylic acids is 1. The molecule has 9 nitrogen and oxygen atoms in total. The molecular formula is C25H26FN5O4. The maximum absolute atomic E-state index is 13.6. The number of hydrogen-bond donors (Lipinski definition) is 3. The summed E-state index contributed by atoms with van der Waals surface area (Å²) in [7, 11) is 0. The molecule has 3 N–H and O–H groups in total. The first-order valence-electron chi connectivity index (χ1n) is 11.0. The number of aliphatic carboxylic acids is 1. The van der Waals surface area contributed by atoms with Crippen LogP contribution in [0.3, 0.4) is 0 Å². The molecule has 2 heterocycles. The van der Waals surface area contributed by atoms with E-state index in [1.54, 1.807) is 36.5 Å². The first-order chi connectivity index (χ1) is 16.8. The van der Waals surface area contributed by atoms with Crippen LogP contribution >= 0.6 is 0 Å². The van der Waals surface area contributed by atoms with Gasteiger partial charge in [-0.2, -0.15) is 4.91 Å². The van der Waals surface area contributed by atoms with Crippen LogP contribution in [-0.4, -0.2) is 43.3 Å². The number of rotatable bonds is 11. The molecule has 0 aliphatic heterocycles. The number of aliphatic hydroxyl groups is 1. The van der Waals surface area contributed by atoms with Gasteiger partial charge in [-0.05, 0) is 42.3 Å². The lowest BCUT2D eigenvalue weighted by Crippen LogP contribution is -2.17. The average molecular weight is 480 g/mol. The fourth-order valence-corrected chi connectivity index (χ4v) is 3.46. The number of halogens is 1. The Morgan fingerprint density at radius 1 is 1.17 bits per heavy atom. The van der Waals surface area contributed by atoms with Gasteiger partial charge >= 0.3 is 5.97 Å². The van der Waals surface area contributed by atoms with Gasteiger partial charge in [-0.1, -0.05) is 37.2 Å². The van der Waals surface area contributed by atoms with Gasteiger partial charge in [-0.3, -0.25) is 4.79 Å². The Morgan fingerprint density at radius 2 is 1.91 bits per heavy atom. The number of carboxylic acid groups (broad SMARTS) is 1. The summed E-state index contributed by atoms with van der Waals surface area (Å²) in [6.07, 6.45) is 2.98. The first-order valence-corrected chi connectivity index (χ1v) is 11.0. The predicted octanol–water partition coefficient (Wildman–Crippen LogP) is 4.92. The summed E-state index contributed by atoms with van der Waals surface area (Å²) < 4.78 is 13.6. The molecule has 0 saturated carbocycles. The van der Waals surface area contributed by atoms with Crippen molar-refractivity contribution in [2.24, 2.45) is 5.18 Å². The Hall–Kier alpha value is -4.05. The number of aromatic nitrogens is 3. The van der Waals surface area contributed by atoms with Gasteiger partial charge in [0.1, 0.15) is 17.7 Å². The molecule has 3 aromatic rings. The van der Waals surface area contributed by atoms with Crippen LogP contribution in [-0.2, 0) is 4.79 Å². The zero-order valence-corrected chi connectivity index (χ0v) is 19.3. The van der Waals surface area contributed by atoms with Crippen LogP contribution in [0.5, 0.6) is 0 Å². The van der Waals surface area contributed by atoms with Gasteiger partial charge in [-0.15, -0.1) is 0 Å². The van der Waals surface area contributed by atoms with Crippen molar-refractivity contribution >= 4 is 23.8 Å². The van der Waals surface area contributed by atoms with E-state index in [0.29, 0.717) is 34.3 Å². The lowest BCUT2D eigenvalue weighted by atomic mass is 9.97. The third-order valence-electron chi connectivity index (χ3n) is 5.10. The number of aliphatic hydroxyl groups excluding tert-OH is 1. The van der Waals surface area contributed by atoms with Crippen LogP contribution < -0.4 is 5.32 Å². The number of benzene rings is 1. The minimum atomic E-state index is -1.17. The molecule has 0 unspecified atom stereocenters. The summed E-state index contributed by atoms with van der Waals surface area (Å²) >= 11 is 0. The highest BCUT2D eigenvalue weighted by Gasteiger charge is 2.20. The van der Waals surface area contributed by atoms with E-state index >= 15 is 0 Å². The molecule has 0 saturated heterocycles. The number of carbonyl (C=O) groups is 1. The Labute approximate surface area is 201 Å². The molecule has 2 atom stereocenters. The second kappa shape index (κ2) is 11.9. The largest absolute Gasteiger partial charge is 0.481 e. The van der Waals surface area contributed by atoms with Crippen molar-refractivity contribution in [2.45, 2.75) is 44.8 Å². The van der Waals surface area contributed by atoms with Gasteiger partial charge in [0.15, 0.2) is 0 Å². The molecule has 0 bridgehead atoms. The SMILES string of the molecule is CC(C)c1nc(Nc2ccccn2)nc(-c2ccc(F)cc2)c1/C=C/[C@@H](O)C[C@H](CC(=O)O)N=O. The molecule has 0 amide bonds. The van der Waals surface area contributed by atoms with Gasteiger partial charge in [0.2, 0.25) is 5.95 Å². The number of hydrogen-bond acceptors (Lipinski definition) is 8. The smallest absolute Gasteiger partial charge is 0.305 e. The summed E-state index contributed by atoms with van der Waals surface area (Å²) in [5.74, 6) is -0.754. The summed E-state index contributed by atoms with van der Waals surface area (Å²) in [6, 6.07) is 10.2. The molecule has 0 fully saturated rings. The van der Waals surface area contributed by atoms with Crippen LogP contribution in [0.15, 0.2) is 59.9 Å². The molecule has 1 aromatic carbocycles. The molecule has 0 aliphatic carbocycles. The lowest BCUT2D eigenvalue weighted by Gasteiger charge is -2.17. The van der Waals surface area contributed by atoms with Crippen LogP contribution in [0.4, 0.5) is 16.2 Å². The Balaban J connectivity index is 2.03. The number of nitrogens with zero attached hydrogens (tertiary/aromatic N) is 4. The van der Waals surface area contributed by atoms with Gasteiger partial charge in [0.05, 0.1) is 23.9 Å². The van der Waals surface area contributed by atoms with Crippen molar-refractivity contribution in [1.82, 2.24) is 15.0 Å². The molecule has 2 aromatic heterocycles. The summed E-state index contributed by atoms with van der Waals surface area (Å²) in [6.45, 7) is 3.91. The predicted molar refractivity (Wildman–Crippen MR) is 131 cm³/mol. The molecular weight excluding hydrogens is 453 g/mol. The fraction of sp³-hybridized carbons (Fsp3) is 0.280. The third kappa shape index (κ3) is 7.21. The number of nitrogens with one attached hydrogen (secondary N) is 1. The van der Waals surface area contributed by atoms with Gasteiger partial charge in [0, 0.05) is 23.7 Å². The topological polar surface area (TPSA) is 138 Å².